The Hall–Kier alpha value is -2.86. The molecule has 2 unspecified atom stereocenters. The number of rotatable bonds is 6. The first-order chi connectivity index (χ1) is 13.0. The maximum Gasteiger partial charge on any atom is 0.340 e. The van der Waals surface area contributed by atoms with E-state index in [1.807, 2.05) is 0 Å². The van der Waals surface area contributed by atoms with Crippen LogP contribution in [0.25, 0.3) is 0 Å². The summed E-state index contributed by atoms with van der Waals surface area (Å²) in [6, 6.07) is 13.5. The predicted octanol–water partition coefficient (Wildman–Crippen LogP) is 3.73. The summed E-state index contributed by atoms with van der Waals surface area (Å²) >= 11 is 6.03. The molecule has 0 aromatic heterocycles. The molecule has 0 radical (unpaired) electrons. The van der Waals surface area contributed by atoms with Gasteiger partial charge in [0, 0.05) is 0 Å². The highest BCUT2D eigenvalue weighted by Crippen LogP contribution is 2.40. The minimum absolute atomic E-state index is 0.244. The molecular formula is C20H19ClN2O4. The van der Waals surface area contributed by atoms with Crippen molar-refractivity contribution in [2.24, 2.45) is 11.8 Å². The highest BCUT2D eigenvalue weighted by Gasteiger charge is 2.48. The first-order valence-electron chi connectivity index (χ1n) is 8.63. The van der Waals surface area contributed by atoms with E-state index in [9.17, 15) is 14.4 Å². The molecule has 1 aliphatic rings. The average Bonchev–Trinajstić information content (AvgIpc) is 3.45. The second kappa shape index (κ2) is 8.22. The van der Waals surface area contributed by atoms with Crippen molar-refractivity contribution in [3.63, 3.8) is 0 Å². The summed E-state index contributed by atoms with van der Waals surface area (Å²) in [7, 11) is 0. The largest absolute Gasteiger partial charge is 0.462 e. The van der Waals surface area contributed by atoms with Gasteiger partial charge in [-0.05, 0) is 37.6 Å². The van der Waals surface area contributed by atoms with Gasteiger partial charge < -0.3 is 15.4 Å². The van der Waals surface area contributed by atoms with Gasteiger partial charge in [0.1, 0.15) is 0 Å². The van der Waals surface area contributed by atoms with E-state index in [0.29, 0.717) is 22.8 Å². The molecule has 2 atom stereocenters. The van der Waals surface area contributed by atoms with Gasteiger partial charge in [0.25, 0.3) is 0 Å². The number of benzene rings is 2. The molecular weight excluding hydrogens is 368 g/mol. The third-order valence-corrected chi connectivity index (χ3v) is 4.61. The summed E-state index contributed by atoms with van der Waals surface area (Å²) in [5.41, 5.74) is 1.17. The number of hydrogen-bond donors (Lipinski definition) is 2. The van der Waals surface area contributed by atoms with Gasteiger partial charge in [-0.1, -0.05) is 35.9 Å². The quantitative estimate of drug-likeness (QED) is 0.741. The van der Waals surface area contributed by atoms with Gasteiger partial charge in [0.2, 0.25) is 11.8 Å². The Morgan fingerprint density at radius 1 is 0.963 bits per heavy atom. The van der Waals surface area contributed by atoms with Crippen LogP contribution in [0.1, 0.15) is 23.7 Å². The molecule has 2 aromatic carbocycles. The van der Waals surface area contributed by atoms with Crippen LogP contribution in [0.5, 0.6) is 0 Å². The lowest BCUT2D eigenvalue weighted by atomic mass is 10.1. The number of carbonyl (C=O) groups is 3. The molecule has 1 saturated carbocycles. The zero-order chi connectivity index (χ0) is 19.4. The standard InChI is InChI=1S/C20H19ClN2O4/c1-2-27-20(26)12-7-3-5-9-16(12)22-18(24)13-11-14(13)19(25)23-17-10-6-4-8-15(17)21/h3-10,13-14H,2,11H2,1H3,(H,22,24)(H,23,25). The van der Waals surface area contributed by atoms with E-state index in [1.165, 1.54) is 0 Å². The maximum atomic E-state index is 12.5. The molecule has 2 amide bonds. The number of anilines is 2. The number of nitrogens with one attached hydrogen (secondary N) is 2. The third-order valence-electron chi connectivity index (χ3n) is 4.28. The van der Waals surface area contributed by atoms with Crippen molar-refractivity contribution < 1.29 is 19.1 Å². The Morgan fingerprint density at radius 3 is 2.15 bits per heavy atom. The molecule has 7 heteroatoms. The molecule has 0 heterocycles. The average molecular weight is 387 g/mol. The molecule has 2 N–H and O–H groups in total. The SMILES string of the molecule is CCOC(=O)c1ccccc1NC(=O)C1CC1C(=O)Nc1ccccc1Cl. The van der Waals surface area contributed by atoms with Gasteiger partial charge in [-0.2, -0.15) is 0 Å². The third kappa shape index (κ3) is 4.46. The summed E-state index contributed by atoms with van der Waals surface area (Å²) < 4.78 is 5.00. The van der Waals surface area contributed by atoms with E-state index in [1.54, 1.807) is 55.5 Å². The summed E-state index contributed by atoms with van der Waals surface area (Å²) in [4.78, 5) is 36.8. The fraction of sp³-hybridized carbons (Fsp3) is 0.250. The molecule has 0 bridgehead atoms. The summed E-state index contributed by atoms with van der Waals surface area (Å²) in [6.45, 7) is 1.96. The number of carbonyl (C=O) groups excluding carboxylic acids is 3. The van der Waals surface area contributed by atoms with Gasteiger partial charge in [-0.3, -0.25) is 9.59 Å². The zero-order valence-electron chi connectivity index (χ0n) is 14.7. The van der Waals surface area contributed by atoms with E-state index in [0.717, 1.165) is 0 Å². The molecule has 6 nitrogen and oxygen atoms in total. The molecule has 0 aliphatic heterocycles. The van der Waals surface area contributed by atoms with Crippen LogP contribution in [0.3, 0.4) is 0 Å². The van der Waals surface area contributed by atoms with Crippen molar-refractivity contribution in [2.75, 3.05) is 17.2 Å². The number of amides is 2. The lowest BCUT2D eigenvalue weighted by Gasteiger charge is -2.10. The number of halogens is 1. The highest BCUT2D eigenvalue weighted by molar-refractivity contribution is 6.33. The Labute approximate surface area is 161 Å². The molecule has 1 fully saturated rings. The summed E-state index contributed by atoms with van der Waals surface area (Å²) in [5.74, 6) is -1.91. The van der Waals surface area contributed by atoms with Crippen molar-refractivity contribution in [2.45, 2.75) is 13.3 Å². The minimum Gasteiger partial charge on any atom is -0.462 e. The van der Waals surface area contributed by atoms with Crippen molar-refractivity contribution in [3.05, 3.63) is 59.1 Å². The van der Waals surface area contributed by atoms with Crippen molar-refractivity contribution in [1.29, 1.82) is 0 Å². The highest BCUT2D eigenvalue weighted by atomic mass is 35.5. The first kappa shape index (κ1) is 18.9. The van der Waals surface area contributed by atoms with Gasteiger partial charge in [-0.25, -0.2) is 4.79 Å². The molecule has 3 rings (SSSR count). The molecule has 2 aromatic rings. The van der Waals surface area contributed by atoms with Gasteiger partial charge in [0.15, 0.2) is 0 Å². The smallest absolute Gasteiger partial charge is 0.340 e. The normalized spacial score (nSPS) is 17.7. The number of esters is 1. The number of hydrogen-bond acceptors (Lipinski definition) is 4. The van der Waals surface area contributed by atoms with Crippen LogP contribution in [-0.2, 0) is 14.3 Å². The fourth-order valence-electron chi connectivity index (χ4n) is 2.77. The molecule has 0 saturated heterocycles. The zero-order valence-corrected chi connectivity index (χ0v) is 15.5. The van der Waals surface area contributed by atoms with Gasteiger partial charge in [-0.15, -0.1) is 0 Å². The minimum atomic E-state index is -0.503. The van der Waals surface area contributed by atoms with E-state index < -0.39 is 17.8 Å². The van der Waals surface area contributed by atoms with E-state index in [2.05, 4.69) is 10.6 Å². The predicted molar refractivity (Wildman–Crippen MR) is 103 cm³/mol. The Bertz CT molecular complexity index is 884. The lowest BCUT2D eigenvalue weighted by Crippen LogP contribution is -2.21. The molecule has 0 spiro atoms. The fourth-order valence-corrected chi connectivity index (χ4v) is 2.95. The molecule has 1 aliphatic carbocycles. The van der Waals surface area contributed by atoms with Gasteiger partial charge >= 0.3 is 5.97 Å². The number of ether oxygens (including phenoxy) is 1. The van der Waals surface area contributed by atoms with E-state index in [-0.39, 0.29) is 24.0 Å². The summed E-state index contributed by atoms with van der Waals surface area (Å²) in [6.07, 6.45) is 0.448. The van der Waals surface area contributed by atoms with Crippen molar-refractivity contribution in [3.8, 4) is 0 Å². The van der Waals surface area contributed by atoms with Crippen molar-refractivity contribution in [1.82, 2.24) is 0 Å². The van der Waals surface area contributed by atoms with Crippen LogP contribution in [-0.4, -0.2) is 24.4 Å². The monoisotopic (exact) mass is 386 g/mol. The lowest BCUT2D eigenvalue weighted by molar-refractivity contribution is -0.122. The van der Waals surface area contributed by atoms with Gasteiger partial charge in [0.05, 0.1) is 40.4 Å². The van der Waals surface area contributed by atoms with E-state index in [4.69, 9.17) is 16.3 Å². The number of para-hydroxylation sites is 2. The second-order valence-electron chi connectivity index (χ2n) is 6.17. The van der Waals surface area contributed by atoms with Crippen LogP contribution in [0.15, 0.2) is 48.5 Å². The van der Waals surface area contributed by atoms with Crippen LogP contribution in [0, 0.1) is 11.8 Å². The topological polar surface area (TPSA) is 84.5 Å². The molecule has 140 valence electrons. The van der Waals surface area contributed by atoms with Crippen LogP contribution in [0.2, 0.25) is 5.02 Å². The van der Waals surface area contributed by atoms with E-state index >= 15 is 0 Å². The Kier molecular flexibility index (Phi) is 5.76. The van der Waals surface area contributed by atoms with Crippen LogP contribution < -0.4 is 10.6 Å². The van der Waals surface area contributed by atoms with Crippen LogP contribution >= 0.6 is 11.6 Å². The molecule has 27 heavy (non-hydrogen) atoms. The first-order valence-corrected chi connectivity index (χ1v) is 9.01. The maximum absolute atomic E-state index is 12.5. The van der Waals surface area contributed by atoms with Crippen LogP contribution in [0.4, 0.5) is 11.4 Å². The van der Waals surface area contributed by atoms with Crippen molar-refractivity contribution >= 4 is 40.8 Å². The Morgan fingerprint density at radius 2 is 1.52 bits per heavy atom. The second-order valence-corrected chi connectivity index (χ2v) is 6.58. The Balaban J connectivity index is 1.62. The summed E-state index contributed by atoms with van der Waals surface area (Å²) in [5, 5.41) is 5.91.